The molecule has 2 aromatic rings. The van der Waals surface area contributed by atoms with Gasteiger partial charge >= 0.3 is 0 Å². The van der Waals surface area contributed by atoms with Crippen molar-refractivity contribution in [2.45, 2.75) is 19.9 Å². The zero-order valence-electron chi connectivity index (χ0n) is 18.5. The van der Waals surface area contributed by atoms with E-state index in [9.17, 15) is 0 Å². The van der Waals surface area contributed by atoms with Crippen LogP contribution in [0.1, 0.15) is 18.1 Å². The molecule has 164 valence electrons. The Hall–Kier alpha value is -2.42. The highest BCUT2D eigenvalue weighted by Gasteiger charge is 2.22. The smallest absolute Gasteiger partial charge is 0.194 e. The van der Waals surface area contributed by atoms with Crippen LogP contribution in [0.15, 0.2) is 29.3 Å². The van der Waals surface area contributed by atoms with Gasteiger partial charge < -0.3 is 24.4 Å². The molecule has 2 heterocycles. The number of nitrogens with one attached hydrogen (secondary N) is 1. The molecule has 1 aromatic carbocycles. The summed E-state index contributed by atoms with van der Waals surface area (Å²) >= 11 is 1.87. The molecule has 8 nitrogen and oxygen atoms in total. The van der Waals surface area contributed by atoms with Crippen LogP contribution in [0.2, 0.25) is 0 Å². The number of piperazine rings is 1. The first-order valence-corrected chi connectivity index (χ1v) is 11.8. The minimum absolute atomic E-state index is 0.523. The van der Waals surface area contributed by atoms with Crippen molar-refractivity contribution in [1.82, 2.24) is 25.0 Å². The summed E-state index contributed by atoms with van der Waals surface area (Å²) in [6.45, 7) is 7.07. The highest BCUT2D eigenvalue weighted by Crippen LogP contribution is 2.28. The summed E-state index contributed by atoms with van der Waals surface area (Å²) in [7, 11) is 3.71. The Labute approximate surface area is 183 Å². The van der Waals surface area contributed by atoms with Gasteiger partial charge in [-0.3, -0.25) is 0 Å². The lowest BCUT2D eigenvalue weighted by Gasteiger charge is -2.38. The number of nitrogens with zero attached hydrogens (tertiary/aromatic N) is 6. The van der Waals surface area contributed by atoms with Gasteiger partial charge in [-0.25, -0.2) is 4.99 Å². The van der Waals surface area contributed by atoms with Gasteiger partial charge in [0.2, 0.25) is 0 Å². The highest BCUT2D eigenvalue weighted by atomic mass is 32.2. The second-order valence-electron chi connectivity index (χ2n) is 7.28. The molecule has 1 aromatic heterocycles. The minimum atomic E-state index is 0.523. The number of hydrogen-bond acceptors (Lipinski definition) is 6. The Morgan fingerprint density at radius 1 is 1.20 bits per heavy atom. The molecular formula is C21H33N7OS. The summed E-state index contributed by atoms with van der Waals surface area (Å²) in [6.07, 6.45) is 3.26. The fourth-order valence-corrected chi connectivity index (χ4v) is 3.90. The second-order valence-corrected chi connectivity index (χ2v) is 8.27. The maximum atomic E-state index is 5.54. The third kappa shape index (κ3) is 5.59. The first-order valence-electron chi connectivity index (χ1n) is 10.4. The van der Waals surface area contributed by atoms with Crippen molar-refractivity contribution in [2.75, 3.05) is 56.7 Å². The van der Waals surface area contributed by atoms with Gasteiger partial charge in [0.25, 0.3) is 0 Å². The Morgan fingerprint density at radius 2 is 1.97 bits per heavy atom. The van der Waals surface area contributed by atoms with Crippen LogP contribution in [-0.2, 0) is 13.6 Å². The largest absolute Gasteiger partial charge is 0.495 e. The van der Waals surface area contributed by atoms with Crippen LogP contribution in [0.5, 0.6) is 5.75 Å². The van der Waals surface area contributed by atoms with Gasteiger partial charge in [-0.2, -0.15) is 11.8 Å². The predicted octanol–water partition coefficient (Wildman–Crippen LogP) is 2.15. The van der Waals surface area contributed by atoms with E-state index in [1.54, 1.807) is 7.11 Å². The molecule has 9 heteroatoms. The summed E-state index contributed by atoms with van der Waals surface area (Å²) in [6, 6.07) is 8.22. The van der Waals surface area contributed by atoms with Gasteiger partial charge in [0.05, 0.1) is 12.8 Å². The van der Waals surface area contributed by atoms with Gasteiger partial charge in [0, 0.05) is 39.8 Å². The van der Waals surface area contributed by atoms with E-state index in [2.05, 4.69) is 43.7 Å². The van der Waals surface area contributed by atoms with Crippen LogP contribution >= 0.6 is 11.8 Å². The summed E-state index contributed by atoms with van der Waals surface area (Å²) in [5, 5.41) is 11.9. The lowest BCUT2D eigenvalue weighted by Crippen LogP contribution is -2.52. The van der Waals surface area contributed by atoms with Gasteiger partial charge in [0.1, 0.15) is 18.1 Å². The van der Waals surface area contributed by atoms with E-state index < -0.39 is 0 Å². The molecule has 3 rings (SSSR count). The van der Waals surface area contributed by atoms with Crippen LogP contribution in [-0.4, -0.2) is 77.5 Å². The second kappa shape index (κ2) is 11.1. The molecule has 0 spiro atoms. The molecule has 1 saturated heterocycles. The van der Waals surface area contributed by atoms with E-state index in [4.69, 9.17) is 9.73 Å². The van der Waals surface area contributed by atoms with E-state index in [1.165, 1.54) is 0 Å². The van der Waals surface area contributed by atoms with Crippen molar-refractivity contribution in [3.63, 3.8) is 0 Å². The van der Waals surface area contributed by atoms with Crippen LogP contribution in [0.25, 0.3) is 0 Å². The Morgan fingerprint density at radius 3 is 2.63 bits per heavy atom. The SMILES string of the molecule is COc1ccccc1N1CCN(C(=NCc2nnc(C)n2C)NCCCSC)CC1. The lowest BCUT2D eigenvalue weighted by molar-refractivity contribution is 0.366. The normalized spacial score (nSPS) is 14.9. The fourth-order valence-electron chi connectivity index (χ4n) is 3.47. The van der Waals surface area contributed by atoms with Crippen molar-refractivity contribution in [3.8, 4) is 5.75 Å². The average Bonchev–Trinajstić information content (AvgIpc) is 3.11. The van der Waals surface area contributed by atoms with Crippen molar-refractivity contribution in [1.29, 1.82) is 0 Å². The maximum Gasteiger partial charge on any atom is 0.194 e. The molecule has 0 bridgehead atoms. The molecular weight excluding hydrogens is 398 g/mol. The molecule has 1 aliphatic rings. The molecule has 1 aliphatic heterocycles. The van der Waals surface area contributed by atoms with Gasteiger partial charge in [-0.15, -0.1) is 10.2 Å². The van der Waals surface area contributed by atoms with Crippen molar-refractivity contribution in [3.05, 3.63) is 35.9 Å². The van der Waals surface area contributed by atoms with Crippen LogP contribution in [0.3, 0.4) is 0 Å². The third-order valence-corrected chi connectivity index (χ3v) is 6.06. The van der Waals surface area contributed by atoms with E-state index in [-0.39, 0.29) is 0 Å². The number of hydrogen-bond donors (Lipinski definition) is 1. The number of anilines is 1. The van der Waals surface area contributed by atoms with Gasteiger partial charge in [-0.05, 0) is 37.5 Å². The number of guanidine groups is 1. The van der Waals surface area contributed by atoms with Gasteiger partial charge in [-0.1, -0.05) is 12.1 Å². The number of methoxy groups -OCH3 is 1. The first kappa shape index (κ1) is 22.3. The average molecular weight is 432 g/mol. The molecule has 1 N–H and O–H groups in total. The number of rotatable bonds is 8. The van der Waals surface area contributed by atoms with E-state index in [1.807, 2.05) is 42.4 Å². The summed E-state index contributed by atoms with van der Waals surface area (Å²) in [5.41, 5.74) is 1.15. The monoisotopic (exact) mass is 431 g/mol. The lowest BCUT2D eigenvalue weighted by atomic mass is 10.2. The molecule has 0 unspecified atom stereocenters. The van der Waals surface area contributed by atoms with Crippen LogP contribution < -0.4 is 15.0 Å². The zero-order valence-corrected chi connectivity index (χ0v) is 19.3. The fraction of sp³-hybridized carbons (Fsp3) is 0.571. The maximum absolute atomic E-state index is 5.54. The minimum Gasteiger partial charge on any atom is -0.495 e. The molecule has 0 aliphatic carbocycles. The standard InChI is InChI=1S/C21H33N7OS/c1-17-24-25-20(26(17)2)16-23-21(22-10-7-15-30-4)28-13-11-27(12-14-28)18-8-5-6-9-19(18)29-3/h5-6,8-9H,7,10-16H2,1-4H3,(H,22,23). The van der Waals surface area contributed by atoms with Crippen molar-refractivity contribution in [2.24, 2.45) is 12.0 Å². The van der Waals surface area contributed by atoms with Gasteiger partial charge in [0.15, 0.2) is 11.8 Å². The Kier molecular flexibility index (Phi) is 8.24. The highest BCUT2D eigenvalue weighted by molar-refractivity contribution is 7.98. The van der Waals surface area contributed by atoms with Crippen LogP contribution in [0, 0.1) is 6.92 Å². The van der Waals surface area contributed by atoms with Crippen LogP contribution in [0.4, 0.5) is 5.69 Å². The molecule has 30 heavy (non-hydrogen) atoms. The van der Waals surface area contributed by atoms with E-state index in [0.29, 0.717) is 6.54 Å². The summed E-state index contributed by atoms with van der Waals surface area (Å²) in [4.78, 5) is 9.60. The van der Waals surface area contributed by atoms with Crippen molar-refractivity contribution >= 4 is 23.4 Å². The number of aromatic nitrogens is 3. The number of aliphatic imine (C=N–C) groups is 1. The number of para-hydroxylation sites is 2. The Balaban J connectivity index is 1.66. The quantitative estimate of drug-likeness (QED) is 0.390. The number of benzene rings is 1. The number of thioether (sulfide) groups is 1. The summed E-state index contributed by atoms with van der Waals surface area (Å²) < 4.78 is 7.54. The topological polar surface area (TPSA) is 70.8 Å². The number of aryl methyl sites for hydroxylation is 1. The summed E-state index contributed by atoms with van der Waals surface area (Å²) in [5.74, 6) is 4.80. The molecule has 1 fully saturated rings. The third-order valence-electron chi connectivity index (χ3n) is 5.37. The first-order chi connectivity index (χ1) is 14.6. The van der Waals surface area contributed by atoms with E-state index >= 15 is 0 Å². The number of ether oxygens (including phenoxy) is 1. The van der Waals surface area contributed by atoms with Crippen molar-refractivity contribution < 1.29 is 4.74 Å². The molecule has 0 amide bonds. The Bertz CT molecular complexity index is 831. The predicted molar refractivity (Wildman–Crippen MR) is 125 cm³/mol. The molecule has 0 saturated carbocycles. The van der Waals surface area contributed by atoms with E-state index in [0.717, 1.165) is 73.9 Å². The molecule has 0 radical (unpaired) electrons. The molecule has 0 atom stereocenters. The zero-order chi connectivity index (χ0) is 21.3.